The van der Waals surface area contributed by atoms with E-state index in [1.54, 1.807) is 14.0 Å². The zero-order valence-electron chi connectivity index (χ0n) is 21.6. The van der Waals surface area contributed by atoms with Gasteiger partial charge < -0.3 is 15.4 Å². The van der Waals surface area contributed by atoms with Crippen molar-refractivity contribution < 1.29 is 14.3 Å². The second-order valence-electron chi connectivity index (χ2n) is 9.90. The first-order chi connectivity index (χ1) is 18.4. The third kappa shape index (κ3) is 5.35. The fourth-order valence-electron chi connectivity index (χ4n) is 5.22. The summed E-state index contributed by atoms with van der Waals surface area (Å²) in [7, 11) is 1.65. The minimum Gasteiger partial charge on any atom is -0.496 e. The first-order valence-electron chi connectivity index (χ1n) is 12.9. The van der Waals surface area contributed by atoms with Gasteiger partial charge in [0.25, 0.3) is 5.91 Å². The van der Waals surface area contributed by atoms with Crippen molar-refractivity contribution in [3.05, 3.63) is 87.8 Å². The molecule has 7 heteroatoms. The number of hydrogen-bond acceptors (Lipinski definition) is 5. The third-order valence-electron chi connectivity index (χ3n) is 7.42. The van der Waals surface area contributed by atoms with E-state index in [0.29, 0.717) is 22.0 Å². The monoisotopic (exact) mass is 546 g/mol. The average Bonchev–Trinajstić information content (AvgIpc) is 3.28. The zero-order chi connectivity index (χ0) is 26.8. The van der Waals surface area contributed by atoms with Crippen molar-refractivity contribution in [1.29, 1.82) is 0 Å². The molecule has 0 unspecified atom stereocenters. The van der Waals surface area contributed by atoms with E-state index >= 15 is 0 Å². The van der Waals surface area contributed by atoms with E-state index in [1.807, 2.05) is 65.6 Å². The largest absolute Gasteiger partial charge is 0.496 e. The summed E-state index contributed by atoms with van der Waals surface area (Å²) in [5, 5.41) is 1.42. The lowest BCUT2D eigenvalue weighted by Crippen LogP contribution is -2.43. The summed E-state index contributed by atoms with van der Waals surface area (Å²) in [6.45, 7) is 1.96. The Kier molecular flexibility index (Phi) is 7.84. The van der Waals surface area contributed by atoms with Crippen molar-refractivity contribution in [2.24, 2.45) is 5.73 Å². The number of nitrogens with two attached hydrogens (primary N) is 1. The van der Waals surface area contributed by atoms with Crippen LogP contribution in [0.3, 0.4) is 0 Å². The predicted molar refractivity (Wildman–Crippen MR) is 155 cm³/mol. The average molecular weight is 547 g/mol. The Hall–Kier alpha value is -3.19. The minimum absolute atomic E-state index is 0.0354. The number of thiophene rings is 1. The number of Topliss-reactive ketones (excluding diaryl/α,β-unsaturated/α-hetero) is 1. The first kappa shape index (κ1) is 26.4. The molecule has 0 saturated heterocycles. The van der Waals surface area contributed by atoms with Crippen LogP contribution in [-0.4, -0.2) is 35.8 Å². The first-order valence-corrected chi connectivity index (χ1v) is 14.1. The van der Waals surface area contributed by atoms with Gasteiger partial charge >= 0.3 is 0 Å². The molecule has 2 N–H and O–H groups in total. The molecule has 1 aromatic heterocycles. The Morgan fingerprint density at radius 2 is 1.68 bits per heavy atom. The van der Waals surface area contributed by atoms with Gasteiger partial charge in [-0.15, -0.1) is 11.3 Å². The van der Waals surface area contributed by atoms with Gasteiger partial charge in [0, 0.05) is 39.8 Å². The highest BCUT2D eigenvalue weighted by Gasteiger charge is 2.31. The lowest BCUT2D eigenvalue weighted by atomic mass is 9.90. The number of rotatable bonds is 7. The van der Waals surface area contributed by atoms with Crippen molar-refractivity contribution in [3.63, 3.8) is 0 Å². The number of halogens is 1. The van der Waals surface area contributed by atoms with Crippen LogP contribution in [0.5, 0.6) is 5.75 Å². The quantitative estimate of drug-likeness (QED) is 0.246. The van der Waals surface area contributed by atoms with E-state index in [4.69, 9.17) is 22.1 Å². The van der Waals surface area contributed by atoms with Crippen molar-refractivity contribution in [2.45, 2.75) is 51.2 Å². The summed E-state index contributed by atoms with van der Waals surface area (Å²) in [6, 6.07) is 21.7. The van der Waals surface area contributed by atoms with Crippen LogP contribution in [0.1, 0.15) is 58.2 Å². The molecule has 1 aliphatic rings. The van der Waals surface area contributed by atoms with Gasteiger partial charge in [-0.2, -0.15) is 0 Å². The zero-order valence-corrected chi connectivity index (χ0v) is 23.1. The van der Waals surface area contributed by atoms with Crippen LogP contribution in [0.2, 0.25) is 5.02 Å². The number of carbonyl (C=O) groups is 2. The van der Waals surface area contributed by atoms with E-state index in [-0.39, 0.29) is 23.8 Å². The minimum atomic E-state index is -0.0602. The number of hydrogen-bond donors (Lipinski definition) is 1. The molecule has 5 rings (SSSR count). The summed E-state index contributed by atoms with van der Waals surface area (Å²) >= 11 is 8.20. The molecule has 1 amide bonds. The van der Waals surface area contributed by atoms with E-state index < -0.39 is 0 Å². The van der Waals surface area contributed by atoms with Crippen molar-refractivity contribution in [1.82, 2.24) is 4.90 Å². The molecule has 38 heavy (non-hydrogen) atoms. The van der Waals surface area contributed by atoms with Gasteiger partial charge in [0.2, 0.25) is 0 Å². The maximum absolute atomic E-state index is 14.1. The Labute approximate surface area is 232 Å². The lowest BCUT2D eigenvalue weighted by molar-refractivity contribution is 0.0610. The molecule has 4 aromatic rings. The van der Waals surface area contributed by atoms with Crippen LogP contribution in [0, 0.1) is 0 Å². The number of benzene rings is 3. The molecule has 196 valence electrons. The SMILES string of the molecule is COc1ccc(-c2ccc(C(C)=O)cc2)cc1CN(C(=O)c1sc2ccccc2c1Cl)C1CCC(N)CC1. The topological polar surface area (TPSA) is 72.6 Å². The van der Waals surface area contributed by atoms with E-state index in [0.717, 1.165) is 58.2 Å². The van der Waals surface area contributed by atoms with Gasteiger partial charge in [0.05, 0.1) is 12.1 Å². The van der Waals surface area contributed by atoms with Crippen molar-refractivity contribution in [3.8, 4) is 16.9 Å². The molecular formula is C31H31ClN2O3S. The molecule has 0 radical (unpaired) electrons. The Morgan fingerprint density at radius 3 is 2.34 bits per heavy atom. The molecular weight excluding hydrogens is 516 g/mol. The van der Waals surface area contributed by atoms with Gasteiger partial charge in [-0.3, -0.25) is 9.59 Å². The number of nitrogens with zero attached hydrogens (tertiary/aromatic N) is 1. The van der Waals surface area contributed by atoms with Gasteiger partial charge in [-0.1, -0.05) is 60.1 Å². The number of ether oxygens (including phenoxy) is 1. The highest BCUT2D eigenvalue weighted by molar-refractivity contribution is 7.21. The Balaban J connectivity index is 1.52. The molecule has 0 aliphatic heterocycles. The summed E-state index contributed by atoms with van der Waals surface area (Å²) < 4.78 is 6.72. The third-order valence-corrected chi connectivity index (χ3v) is 9.08. The van der Waals surface area contributed by atoms with Crippen LogP contribution in [0.15, 0.2) is 66.7 Å². The molecule has 0 bridgehead atoms. The fraction of sp³-hybridized carbons (Fsp3) is 0.290. The molecule has 0 spiro atoms. The maximum Gasteiger partial charge on any atom is 0.266 e. The van der Waals surface area contributed by atoms with Crippen LogP contribution in [-0.2, 0) is 6.54 Å². The molecule has 1 heterocycles. The number of methoxy groups -OCH3 is 1. The van der Waals surface area contributed by atoms with Crippen LogP contribution in [0.25, 0.3) is 21.2 Å². The van der Waals surface area contributed by atoms with E-state index in [9.17, 15) is 9.59 Å². The van der Waals surface area contributed by atoms with Gasteiger partial charge in [0.15, 0.2) is 5.78 Å². The summed E-state index contributed by atoms with van der Waals surface area (Å²) in [4.78, 5) is 28.4. The van der Waals surface area contributed by atoms with E-state index in [2.05, 4.69) is 6.07 Å². The fourth-order valence-corrected chi connectivity index (χ4v) is 6.69. The highest BCUT2D eigenvalue weighted by atomic mass is 35.5. The van der Waals surface area contributed by atoms with Gasteiger partial charge in [-0.05, 0) is 61.9 Å². The molecule has 1 saturated carbocycles. The van der Waals surface area contributed by atoms with Crippen molar-refractivity contribution in [2.75, 3.05) is 7.11 Å². The maximum atomic E-state index is 14.1. The molecule has 1 aliphatic carbocycles. The Morgan fingerprint density at radius 1 is 1.00 bits per heavy atom. The second kappa shape index (κ2) is 11.3. The summed E-state index contributed by atoms with van der Waals surface area (Å²) in [6.07, 6.45) is 3.47. The van der Waals surface area contributed by atoms with Crippen LogP contribution < -0.4 is 10.5 Å². The highest BCUT2D eigenvalue weighted by Crippen LogP contribution is 2.38. The second-order valence-corrected chi connectivity index (χ2v) is 11.3. The van der Waals surface area contributed by atoms with Gasteiger partial charge in [-0.25, -0.2) is 0 Å². The Bertz CT molecular complexity index is 1470. The number of ketones is 1. The van der Waals surface area contributed by atoms with Crippen molar-refractivity contribution >= 4 is 44.7 Å². The smallest absolute Gasteiger partial charge is 0.266 e. The summed E-state index contributed by atoms with van der Waals surface area (Å²) in [5.41, 5.74) is 9.79. The molecule has 5 nitrogen and oxygen atoms in total. The number of fused-ring (bicyclic) bond motifs is 1. The van der Waals surface area contributed by atoms with Crippen LogP contribution >= 0.6 is 22.9 Å². The molecule has 1 fully saturated rings. The van der Waals surface area contributed by atoms with Gasteiger partial charge in [0.1, 0.15) is 10.6 Å². The lowest BCUT2D eigenvalue weighted by Gasteiger charge is -2.36. The number of carbonyl (C=O) groups excluding carboxylic acids is 2. The standard InChI is InChI=1S/C31H31ClN2O3S/c1-19(35)20-7-9-21(10-8-20)22-11-16-27(37-2)23(17-22)18-34(25-14-12-24(33)13-15-25)31(36)30-29(32)26-5-3-4-6-28(26)38-30/h3-11,16-17,24-25H,12-15,18,33H2,1-2H3. The van der Waals surface area contributed by atoms with E-state index in [1.165, 1.54) is 11.3 Å². The summed E-state index contributed by atoms with van der Waals surface area (Å²) in [5.74, 6) is 0.699. The molecule has 0 atom stereocenters. The number of amides is 1. The normalized spacial score (nSPS) is 17.4. The predicted octanol–water partition coefficient (Wildman–Crippen LogP) is 7.35. The molecule has 3 aromatic carbocycles. The van der Waals surface area contributed by atoms with Crippen LogP contribution in [0.4, 0.5) is 0 Å².